The molecule has 1 aliphatic rings. The number of anilines is 1. The zero-order chi connectivity index (χ0) is 14.3. The van der Waals surface area contributed by atoms with Gasteiger partial charge in [0.1, 0.15) is 0 Å². The van der Waals surface area contributed by atoms with Crippen molar-refractivity contribution in [2.75, 3.05) is 17.2 Å². The fourth-order valence-corrected chi connectivity index (χ4v) is 4.16. The van der Waals surface area contributed by atoms with Crippen LogP contribution in [0, 0.1) is 5.92 Å². The van der Waals surface area contributed by atoms with Crippen LogP contribution in [0.5, 0.6) is 0 Å². The number of halogens is 3. The highest BCUT2D eigenvalue weighted by atomic mass is 32.2. The summed E-state index contributed by atoms with van der Waals surface area (Å²) in [6.45, 7) is 0. The van der Waals surface area contributed by atoms with Crippen molar-refractivity contribution >= 4 is 15.5 Å². The van der Waals surface area contributed by atoms with E-state index in [1.165, 1.54) is 6.07 Å². The van der Waals surface area contributed by atoms with Gasteiger partial charge < -0.3 is 5.73 Å². The van der Waals surface area contributed by atoms with E-state index in [1.807, 2.05) is 0 Å². The van der Waals surface area contributed by atoms with Gasteiger partial charge in [-0.2, -0.15) is 13.2 Å². The zero-order valence-electron chi connectivity index (χ0n) is 10.1. The molecular weight excluding hydrogens is 279 g/mol. The Morgan fingerprint density at radius 2 is 2.00 bits per heavy atom. The molecule has 1 aliphatic heterocycles. The summed E-state index contributed by atoms with van der Waals surface area (Å²) < 4.78 is 60.5. The van der Waals surface area contributed by atoms with E-state index in [2.05, 4.69) is 0 Å². The lowest BCUT2D eigenvalue weighted by molar-refractivity contribution is -0.137. The average molecular weight is 293 g/mol. The quantitative estimate of drug-likeness (QED) is 0.851. The van der Waals surface area contributed by atoms with Crippen molar-refractivity contribution in [3.05, 3.63) is 29.3 Å². The Morgan fingerprint density at radius 3 is 2.53 bits per heavy atom. The smallest absolute Gasteiger partial charge is 0.399 e. The van der Waals surface area contributed by atoms with Crippen LogP contribution in [0.2, 0.25) is 0 Å². The van der Waals surface area contributed by atoms with Crippen LogP contribution in [0.15, 0.2) is 18.2 Å². The van der Waals surface area contributed by atoms with Gasteiger partial charge in [-0.05, 0) is 42.5 Å². The molecule has 106 valence electrons. The summed E-state index contributed by atoms with van der Waals surface area (Å²) in [4.78, 5) is 0. The van der Waals surface area contributed by atoms with Crippen LogP contribution >= 0.6 is 0 Å². The maximum absolute atomic E-state index is 12.6. The van der Waals surface area contributed by atoms with Crippen LogP contribution in [0.4, 0.5) is 18.9 Å². The molecule has 0 aliphatic carbocycles. The molecule has 1 unspecified atom stereocenters. The predicted octanol–water partition coefficient (Wildman–Crippen LogP) is 2.26. The second kappa shape index (κ2) is 4.70. The summed E-state index contributed by atoms with van der Waals surface area (Å²) in [6, 6.07) is 3.17. The van der Waals surface area contributed by atoms with Crippen molar-refractivity contribution in [1.29, 1.82) is 0 Å². The number of benzene rings is 1. The topological polar surface area (TPSA) is 60.2 Å². The minimum Gasteiger partial charge on any atom is -0.399 e. The van der Waals surface area contributed by atoms with E-state index in [-0.39, 0.29) is 29.5 Å². The molecule has 1 aromatic rings. The summed E-state index contributed by atoms with van der Waals surface area (Å²) in [5.41, 5.74) is 5.56. The van der Waals surface area contributed by atoms with E-state index in [4.69, 9.17) is 5.73 Å². The number of rotatable bonds is 2. The second-order valence-electron chi connectivity index (χ2n) is 4.88. The molecule has 0 bridgehead atoms. The minimum atomic E-state index is -4.41. The Kier molecular flexibility index (Phi) is 3.51. The van der Waals surface area contributed by atoms with Crippen molar-refractivity contribution in [3.63, 3.8) is 0 Å². The largest absolute Gasteiger partial charge is 0.416 e. The van der Waals surface area contributed by atoms with E-state index in [9.17, 15) is 21.6 Å². The van der Waals surface area contributed by atoms with E-state index < -0.39 is 21.6 Å². The molecule has 0 amide bonds. The molecule has 0 spiro atoms. The van der Waals surface area contributed by atoms with Gasteiger partial charge in [0.25, 0.3) is 0 Å². The van der Waals surface area contributed by atoms with Gasteiger partial charge in [-0.1, -0.05) is 0 Å². The van der Waals surface area contributed by atoms with Crippen molar-refractivity contribution < 1.29 is 21.6 Å². The number of sulfone groups is 1. The Bertz CT molecular complexity index is 581. The fourth-order valence-electron chi connectivity index (χ4n) is 2.30. The molecule has 0 saturated carbocycles. The average Bonchev–Trinajstić information content (AvgIpc) is 2.60. The highest BCUT2D eigenvalue weighted by Crippen LogP contribution is 2.33. The maximum atomic E-state index is 12.6. The first-order chi connectivity index (χ1) is 8.67. The lowest BCUT2D eigenvalue weighted by atomic mass is 9.96. The first-order valence-electron chi connectivity index (χ1n) is 5.83. The summed E-state index contributed by atoms with van der Waals surface area (Å²) in [5, 5.41) is 0. The molecule has 2 N–H and O–H groups in total. The van der Waals surface area contributed by atoms with Gasteiger partial charge in [-0.25, -0.2) is 8.42 Å². The number of nitrogen functional groups attached to an aromatic ring is 1. The number of alkyl halides is 3. The lowest BCUT2D eigenvalue weighted by Crippen LogP contribution is -2.11. The third-order valence-electron chi connectivity index (χ3n) is 3.31. The molecule has 1 atom stereocenters. The normalized spacial score (nSPS) is 22.6. The summed E-state index contributed by atoms with van der Waals surface area (Å²) in [5.74, 6) is -0.00468. The molecule has 1 heterocycles. The second-order valence-corrected chi connectivity index (χ2v) is 7.11. The third kappa shape index (κ3) is 3.40. The standard InChI is InChI=1S/C12H14F3NO2S/c13-12(14,15)10-1-2-11(16)9(6-10)5-8-3-4-19(17,18)7-8/h1-2,6,8H,3-5,7,16H2. The molecule has 19 heavy (non-hydrogen) atoms. The van der Waals surface area contributed by atoms with Gasteiger partial charge in [-0.3, -0.25) is 0 Å². The highest BCUT2D eigenvalue weighted by molar-refractivity contribution is 7.91. The van der Waals surface area contributed by atoms with Crippen molar-refractivity contribution in [3.8, 4) is 0 Å². The van der Waals surface area contributed by atoms with Crippen molar-refractivity contribution in [2.45, 2.75) is 19.0 Å². The molecular formula is C12H14F3NO2S. The van der Waals surface area contributed by atoms with Crippen LogP contribution < -0.4 is 5.73 Å². The van der Waals surface area contributed by atoms with Crippen LogP contribution in [0.3, 0.4) is 0 Å². The molecule has 0 aromatic heterocycles. The van der Waals surface area contributed by atoms with Crippen LogP contribution in [0.1, 0.15) is 17.5 Å². The Labute approximate surface area is 109 Å². The summed E-state index contributed by atoms with van der Waals surface area (Å²) >= 11 is 0. The maximum Gasteiger partial charge on any atom is 0.416 e. The van der Waals surface area contributed by atoms with Gasteiger partial charge in [-0.15, -0.1) is 0 Å². The number of nitrogens with two attached hydrogens (primary N) is 1. The molecule has 1 fully saturated rings. The highest BCUT2D eigenvalue weighted by Gasteiger charge is 2.32. The summed E-state index contributed by atoms with van der Waals surface area (Å²) in [6.07, 6.45) is -3.66. The lowest BCUT2D eigenvalue weighted by Gasteiger charge is -2.13. The predicted molar refractivity (Wildman–Crippen MR) is 66.3 cm³/mol. The Balaban J connectivity index is 2.21. The first-order valence-corrected chi connectivity index (χ1v) is 7.65. The summed E-state index contributed by atoms with van der Waals surface area (Å²) in [7, 11) is -3.03. The molecule has 3 nitrogen and oxygen atoms in total. The SMILES string of the molecule is Nc1ccc(C(F)(F)F)cc1CC1CCS(=O)(=O)C1. The number of hydrogen-bond donors (Lipinski definition) is 1. The van der Waals surface area contributed by atoms with E-state index >= 15 is 0 Å². The van der Waals surface area contributed by atoms with Crippen LogP contribution in [-0.4, -0.2) is 19.9 Å². The van der Waals surface area contributed by atoms with Gasteiger partial charge in [0.15, 0.2) is 9.84 Å². The minimum absolute atomic E-state index is 0.0304. The molecule has 1 saturated heterocycles. The molecule has 0 radical (unpaired) electrons. The number of hydrogen-bond acceptors (Lipinski definition) is 3. The van der Waals surface area contributed by atoms with Gasteiger partial charge in [0, 0.05) is 5.69 Å². The zero-order valence-corrected chi connectivity index (χ0v) is 10.9. The van der Waals surface area contributed by atoms with Crippen LogP contribution in [0.25, 0.3) is 0 Å². The van der Waals surface area contributed by atoms with E-state index in [0.29, 0.717) is 12.0 Å². The van der Waals surface area contributed by atoms with Crippen LogP contribution in [-0.2, 0) is 22.4 Å². The van der Waals surface area contributed by atoms with Gasteiger partial charge in [0.05, 0.1) is 17.1 Å². The monoisotopic (exact) mass is 293 g/mol. The van der Waals surface area contributed by atoms with Crippen molar-refractivity contribution in [1.82, 2.24) is 0 Å². The Morgan fingerprint density at radius 1 is 1.32 bits per heavy atom. The Hall–Kier alpha value is -1.24. The fraction of sp³-hybridized carbons (Fsp3) is 0.500. The molecule has 7 heteroatoms. The third-order valence-corrected chi connectivity index (χ3v) is 5.14. The molecule has 2 rings (SSSR count). The first kappa shape index (κ1) is 14.2. The van der Waals surface area contributed by atoms with E-state index in [0.717, 1.165) is 12.1 Å². The van der Waals surface area contributed by atoms with Gasteiger partial charge in [0.2, 0.25) is 0 Å². The van der Waals surface area contributed by atoms with Gasteiger partial charge >= 0.3 is 6.18 Å². The molecule has 1 aromatic carbocycles. The van der Waals surface area contributed by atoms with E-state index in [1.54, 1.807) is 0 Å². The van der Waals surface area contributed by atoms with Crippen molar-refractivity contribution in [2.24, 2.45) is 5.92 Å².